The Morgan fingerprint density at radius 2 is 1.57 bits per heavy atom. The maximum atomic E-state index is 14.1. The second-order valence-electron chi connectivity index (χ2n) is 10.8. The number of Topliss-reactive ketones (excluding diaryl/α,β-unsaturated/α-hetero) is 1. The minimum absolute atomic E-state index is 0.0241. The molecule has 0 aromatic heterocycles. The Bertz CT molecular complexity index is 1600. The number of benzene rings is 3. The number of hydrogen-bond donors (Lipinski definition) is 1. The highest BCUT2D eigenvalue weighted by Gasteiger charge is 2.46. The van der Waals surface area contributed by atoms with E-state index in [1.165, 1.54) is 21.3 Å². The van der Waals surface area contributed by atoms with Crippen LogP contribution < -0.4 is 29.6 Å². The van der Waals surface area contributed by atoms with Crippen molar-refractivity contribution in [1.29, 1.82) is 5.26 Å². The summed E-state index contributed by atoms with van der Waals surface area (Å²) < 4.78 is 22.6. The van der Waals surface area contributed by atoms with E-state index in [-0.39, 0.29) is 22.6 Å². The van der Waals surface area contributed by atoms with Gasteiger partial charge in [0.05, 0.1) is 51.7 Å². The van der Waals surface area contributed by atoms with Gasteiger partial charge in [0.1, 0.15) is 11.6 Å². The number of methoxy groups -OCH3 is 4. The van der Waals surface area contributed by atoms with Crippen LogP contribution in [-0.4, -0.2) is 34.2 Å². The van der Waals surface area contributed by atoms with E-state index in [9.17, 15) is 10.1 Å². The molecule has 40 heavy (non-hydrogen) atoms. The number of nitriles is 1. The SMILES string of the molecule is COc1cc(N2C(N)=C(C#N)C(c3c(OC)ccc4ccccc34)C3=C2CC(C)(C)CC3=O)cc(OC)c1OC. The normalized spacial score (nSPS) is 18.4. The van der Waals surface area contributed by atoms with Crippen molar-refractivity contribution in [2.45, 2.75) is 32.6 Å². The van der Waals surface area contributed by atoms with E-state index in [0.717, 1.165) is 22.0 Å². The third-order valence-electron chi connectivity index (χ3n) is 7.73. The van der Waals surface area contributed by atoms with E-state index in [4.69, 9.17) is 24.7 Å². The minimum atomic E-state index is -0.692. The average Bonchev–Trinajstić information content (AvgIpc) is 2.94. The monoisotopic (exact) mass is 539 g/mol. The molecule has 0 fully saturated rings. The Hall–Kier alpha value is -4.64. The van der Waals surface area contributed by atoms with E-state index >= 15 is 0 Å². The zero-order valence-electron chi connectivity index (χ0n) is 23.6. The average molecular weight is 540 g/mol. The maximum absolute atomic E-state index is 14.1. The van der Waals surface area contributed by atoms with Gasteiger partial charge in [-0.15, -0.1) is 0 Å². The van der Waals surface area contributed by atoms with E-state index in [1.807, 2.05) is 36.4 Å². The zero-order chi connectivity index (χ0) is 28.8. The molecule has 0 amide bonds. The first-order valence-electron chi connectivity index (χ1n) is 13.0. The largest absolute Gasteiger partial charge is 0.496 e. The van der Waals surface area contributed by atoms with Gasteiger partial charge in [0, 0.05) is 35.4 Å². The fourth-order valence-corrected chi connectivity index (χ4v) is 6.04. The molecule has 0 bridgehead atoms. The first-order chi connectivity index (χ1) is 19.2. The summed E-state index contributed by atoms with van der Waals surface area (Å²) in [6.45, 7) is 4.13. The molecule has 0 saturated heterocycles. The van der Waals surface area contributed by atoms with Gasteiger partial charge in [0.15, 0.2) is 17.3 Å². The first-order valence-corrected chi connectivity index (χ1v) is 13.0. The van der Waals surface area contributed by atoms with Crippen molar-refractivity contribution in [2.24, 2.45) is 11.1 Å². The van der Waals surface area contributed by atoms with Crippen molar-refractivity contribution in [3.63, 3.8) is 0 Å². The number of anilines is 1. The maximum Gasteiger partial charge on any atom is 0.203 e. The topological polar surface area (TPSA) is 107 Å². The van der Waals surface area contributed by atoms with Crippen LogP contribution in [0.1, 0.15) is 38.2 Å². The number of fused-ring (bicyclic) bond motifs is 1. The van der Waals surface area contributed by atoms with Crippen molar-refractivity contribution < 1.29 is 23.7 Å². The third kappa shape index (κ3) is 4.19. The van der Waals surface area contributed by atoms with Crippen LogP contribution >= 0.6 is 0 Å². The quantitative estimate of drug-likeness (QED) is 0.418. The van der Waals surface area contributed by atoms with Crippen LogP contribution in [0.3, 0.4) is 0 Å². The molecule has 0 saturated carbocycles. The summed E-state index contributed by atoms with van der Waals surface area (Å²) in [7, 11) is 6.21. The Morgan fingerprint density at radius 1 is 0.925 bits per heavy atom. The molecule has 8 heteroatoms. The van der Waals surface area contributed by atoms with Gasteiger partial charge < -0.3 is 24.7 Å². The number of hydrogen-bond acceptors (Lipinski definition) is 8. The van der Waals surface area contributed by atoms with E-state index in [1.54, 1.807) is 24.1 Å². The Labute approximate surface area is 234 Å². The van der Waals surface area contributed by atoms with Gasteiger partial charge in [-0.2, -0.15) is 5.26 Å². The van der Waals surface area contributed by atoms with Gasteiger partial charge in [-0.25, -0.2) is 0 Å². The predicted octanol–water partition coefficient (Wildman–Crippen LogP) is 5.82. The van der Waals surface area contributed by atoms with E-state index < -0.39 is 5.92 Å². The summed E-state index contributed by atoms with van der Waals surface area (Å²) in [6, 6.07) is 17.7. The molecule has 8 nitrogen and oxygen atoms in total. The smallest absolute Gasteiger partial charge is 0.203 e. The molecule has 5 rings (SSSR count). The molecule has 206 valence electrons. The molecular weight excluding hydrogens is 506 g/mol. The number of rotatable bonds is 6. The highest BCUT2D eigenvalue weighted by atomic mass is 16.5. The third-order valence-corrected chi connectivity index (χ3v) is 7.73. The van der Waals surface area contributed by atoms with Crippen molar-refractivity contribution >= 4 is 22.2 Å². The molecular formula is C32H33N3O5. The first kappa shape index (κ1) is 26.9. The van der Waals surface area contributed by atoms with Gasteiger partial charge in [0.25, 0.3) is 0 Å². The summed E-state index contributed by atoms with van der Waals surface area (Å²) in [6.07, 6.45) is 0.908. The summed E-state index contributed by atoms with van der Waals surface area (Å²) >= 11 is 0. The number of nitrogens with zero attached hydrogens (tertiary/aromatic N) is 2. The molecule has 1 unspecified atom stereocenters. The van der Waals surface area contributed by atoms with Gasteiger partial charge >= 0.3 is 0 Å². The van der Waals surface area contributed by atoms with Crippen LogP contribution in [0.4, 0.5) is 5.69 Å². The van der Waals surface area contributed by atoms with Crippen molar-refractivity contribution in [1.82, 2.24) is 0 Å². The van der Waals surface area contributed by atoms with E-state index in [0.29, 0.717) is 47.1 Å². The summed E-state index contributed by atoms with van der Waals surface area (Å²) in [5.41, 5.74) is 9.50. The van der Waals surface area contributed by atoms with Crippen LogP contribution in [0.15, 0.2) is 71.2 Å². The predicted molar refractivity (Wildman–Crippen MR) is 154 cm³/mol. The fraction of sp³-hybridized carbons (Fsp3) is 0.312. The highest BCUT2D eigenvalue weighted by Crippen LogP contribution is 2.54. The van der Waals surface area contributed by atoms with E-state index in [2.05, 4.69) is 19.9 Å². The highest BCUT2D eigenvalue weighted by molar-refractivity contribution is 6.03. The second kappa shape index (κ2) is 10.2. The number of carbonyl (C=O) groups is 1. The summed E-state index contributed by atoms with van der Waals surface area (Å²) in [4.78, 5) is 15.9. The summed E-state index contributed by atoms with van der Waals surface area (Å²) in [5, 5.41) is 12.5. The standard InChI is InChI=1S/C32H33N3O5/c1-32(2)15-22-29(23(36)16-32)28(27-20-10-8-7-9-18(20)11-12-24(27)37-3)21(17-33)31(34)35(22)19-13-25(38-4)30(40-6)26(14-19)39-5/h7-14,28H,15-16,34H2,1-6H3. The molecule has 1 aliphatic carbocycles. The lowest BCUT2D eigenvalue weighted by Crippen LogP contribution is -2.42. The Morgan fingerprint density at radius 3 is 2.17 bits per heavy atom. The molecule has 0 radical (unpaired) electrons. The molecule has 1 heterocycles. The molecule has 2 N–H and O–H groups in total. The lowest BCUT2D eigenvalue weighted by Gasteiger charge is -2.44. The van der Waals surface area contributed by atoms with Crippen LogP contribution in [-0.2, 0) is 4.79 Å². The molecule has 1 aliphatic heterocycles. The minimum Gasteiger partial charge on any atom is -0.496 e. The molecule has 3 aromatic rings. The Kier molecular flexibility index (Phi) is 6.84. The zero-order valence-corrected chi connectivity index (χ0v) is 23.6. The van der Waals surface area contributed by atoms with Crippen LogP contribution in [0.5, 0.6) is 23.0 Å². The number of ketones is 1. The van der Waals surface area contributed by atoms with Crippen LogP contribution in [0, 0.1) is 16.7 Å². The molecule has 3 aromatic carbocycles. The lowest BCUT2D eigenvalue weighted by atomic mass is 9.68. The summed E-state index contributed by atoms with van der Waals surface area (Å²) in [5.74, 6) is 1.42. The fourth-order valence-electron chi connectivity index (χ4n) is 6.04. The van der Waals surface area contributed by atoms with Gasteiger partial charge in [-0.3, -0.25) is 9.69 Å². The van der Waals surface area contributed by atoms with Crippen molar-refractivity contribution in [2.75, 3.05) is 33.3 Å². The number of ether oxygens (including phenoxy) is 4. The van der Waals surface area contributed by atoms with Crippen LogP contribution in [0.2, 0.25) is 0 Å². The molecule has 0 spiro atoms. The van der Waals surface area contributed by atoms with Crippen molar-refractivity contribution in [3.05, 3.63) is 76.8 Å². The Balaban J connectivity index is 1.86. The van der Waals surface area contributed by atoms with Gasteiger partial charge in [0.2, 0.25) is 5.75 Å². The van der Waals surface area contributed by atoms with Crippen molar-refractivity contribution in [3.8, 4) is 29.1 Å². The number of nitrogens with two attached hydrogens (primary N) is 1. The number of allylic oxidation sites excluding steroid dienone is 3. The van der Waals surface area contributed by atoms with Gasteiger partial charge in [-0.1, -0.05) is 44.2 Å². The number of carbonyl (C=O) groups excluding carboxylic acids is 1. The van der Waals surface area contributed by atoms with Gasteiger partial charge in [-0.05, 0) is 28.7 Å². The second-order valence-corrected chi connectivity index (χ2v) is 10.8. The van der Waals surface area contributed by atoms with Crippen LogP contribution in [0.25, 0.3) is 10.8 Å². The molecule has 2 aliphatic rings. The lowest BCUT2D eigenvalue weighted by molar-refractivity contribution is -0.118. The molecule has 1 atom stereocenters.